The minimum Gasteiger partial charge on any atom is -0.354 e. The summed E-state index contributed by atoms with van der Waals surface area (Å²) in [5, 5.41) is 2.07. The minimum absolute atomic E-state index is 0.133. The van der Waals surface area contributed by atoms with Crippen LogP contribution in [0.15, 0.2) is 40.8 Å². The van der Waals surface area contributed by atoms with Gasteiger partial charge >= 0.3 is 0 Å². The summed E-state index contributed by atoms with van der Waals surface area (Å²) in [6.45, 7) is 2.70. The van der Waals surface area contributed by atoms with Crippen LogP contribution < -0.4 is 10.5 Å². The van der Waals surface area contributed by atoms with Gasteiger partial charge in [0.15, 0.2) is 0 Å². The highest BCUT2D eigenvalue weighted by atomic mass is 32.1. The number of aromatic nitrogens is 3. The van der Waals surface area contributed by atoms with Crippen molar-refractivity contribution in [2.24, 2.45) is 5.92 Å². The van der Waals surface area contributed by atoms with E-state index in [4.69, 9.17) is 0 Å². The molecule has 2 aliphatic heterocycles. The lowest BCUT2D eigenvalue weighted by atomic mass is 9.83. The van der Waals surface area contributed by atoms with Gasteiger partial charge in [-0.2, -0.15) is 0 Å². The Balaban J connectivity index is 1.57. The maximum absolute atomic E-state index is 12.1. The number of hydrogen-bond acceptors (Lipinski definition) is 5. The van der Waals surface area contributed by atoms with Crippen molar-refractivity contribution in [2.45, 2.75) is 18.9 Å². The van der Waals surface area contributed by atoms with E-state index >= 15 is 0 Å². The zero-order chi connectivity index (χ0) is 15.4. The Kier molecular flexibility index (Phi) is 2.82. The van der Waals surface area contributed by atoms with Crippen molar-refractivity contribution in [3.63, 3.8) is 0 Å². The topological polar surface area (TPSA) is 51.0 Å². The number of piperidine rings is 1. The van der Waals surface area contributed by atoms with Crippen molar-refractivity contribution >= 4 is 27.4 Å². The van der Waals surface area contributed by atoms with Crippen LogP contribution in [0.5, 0.6) is 0 Å². The maximum atomic E-state index is 12.1. The lowest BCUT2D eigenvalue weighted by Gasteiger charge is -2.43. The van der Waals surface area contributed by atoms with Gasteiger partial charge in [0.1, 0.15) is 12.1 Å². The van der Waals surface area contributed by atoms with Crippen LogP contribution in [-0.4, -0.2) is 27.6 Å². The lowest BCUT2D eigenvalue weighted by molar-refractivity contribution is 0.281. The van der Waals surface area contributed by atoms with Crippen LogP contribution in [0.3, 0.4) is 0 Å². The van der Waals surface area contributed by atoms with Gasteiger partial charge in [0.05, 0.1) is 10.2 Å². The van der Waals surface area contributed by atoms with Gasteiger partial charge < -0.3 is 9.47 Å². The molecule has 116 valence electrons. The molecule has 6 heteroatoms. The third-order valence-corrected chi connectivity index (χ3v) is 5.90. The molecule has 0 spiro atoms. The Bertz CT molecular complexity index is 947. The fourth-order valence-electron chi connectivity index (χ4n) is 4.07. The average Bonchev–Trinajstić information content (AvgIpc) is 3.04. The SMILES string of the molecule is O=c1cccc2n1CC1CC2CN(c2ncnc3ccsc23)C1. The molecule has 0 aliphatic carbocycles. The van der Waals surface area contributed by atoms with Crippen molar-refractivity contribution in [1.82, 2.24) is 14.5 Å². The van der Waals surface area contributed by atoms with E-state index in [-0.39, 0.29) is 5.56 Å². The molecule has 2 unspecified atom stereocenters. The van der Waals surface area contributed by atoms with Crippen LogP contribution >= 0.6 is 11.3 Å². The van der Waals surface area contributed by atoms with Gasteiger partial charge in [0.2, 0.25) is 0 Å². The van der Waals surface area contributed by atoms with E-state index in [0.717, 1.165) is 35.7 Å². The van der Waals surface area contributed by atoms with Crippen LogP contribution in [-0.2, 0) is 6.54 Å². The molecular weight excluding hydrogens is 308 g/mol. The molecular formula is C17H16N4OS. The van der Waals surface area contributed by atoms with E-state index in [0.29, 0.717) is 11.8 Å². The van der Waals surface area contributed by atoms with Crippen molar-refractivity contribution in [1.29, 1.82) is 0 Å². The number of rotatable bonds is 1. The Morgan fingerprint density at radius 2 is 2.09 bits per heavy atom. The van der Waals surface area contributed by atoms with Crippen molar-refractivity contribution in [3.8, 4) is 0 Å². The van der Waals surface area contributed by atoms with Crippen LogP contribution in [0.4, 0.5) is 5.82 Å². The summed E-state index contributed by atoms with van der Waals surface area (Å²) in [6, 6.07) is 7.70. The van der Waals surface area contributed by atoms with Gasteiger partial charge in [0.25, 0.3) is 5.56 Å². The monoisotopic (exact) mass is 324 g/mol. The van der Waals surface area contributed by atoms with Crippen LogP contribution in [0.25, 0.3) is 10.2 Å². The molecule has 0 N–H and O–H groups in total. The van der Waals surface area contributed by atoms with Crippen molar-refractivity contribution in [2.75, 3.05) is 18.0 Å². The Morgan fingerprint density at radius 1 is 1.13 bits per heavy atom. The lowest BCUT2D eigenvalue weighted by Crippen LogP contribution is -2.47. The first-order valence-electron chi connectivity index (χ1n) is 7.92. The molecule has 0 aromatic carbocycles. The first kappa shape index (κ1) is 13.2. The van der Waals surface area contributed by atoms with Gasteiger partial charge in [-0.25, -0.2) is 9.97 Å². The summed E-state index contributed by atoms with van der Waals surface area (Å²) in [7, 11) is 0. The molecule has 1 saturated heterocycles. The summed E-state index contributed by atoms with van der Waals surface area (Å²) in [5.74, 6) is 1.96. The summed E-state index contributed by atoms with van der Waals surface area (Å²) in [5.41, 5.74) is 2.33. The third-order valence-electron chi connectivity index (χ3n) is 5.00. The second-order valence-electron chi connectivity index (χ2n) is 6.44. The highest BCUT2D eigenvalue weighted by Gasteiger charge is 2.35. The Labute approximate surface area is 137 Å². The van der Waals surface area contributed by atoms with Crippen LogP contribution in [0, 0.1) is 5.92 Å². The Morgan fingerprint density at radius 3 is 3.04 bits per heavy atom. The molecule has 5 nitrogen and oxygen atoms in total. The molecule has 3 aromatic rings. The third kappa shape index (κ3) is 2.01. The highest BCUT2D eigenvalue weighted by molar-refractivity contribution is 7.17. The van der Waals surface area contributed by atoms with E-state index in [1.54, 1.807) is 23.7 Å². The van der Waals surface area contributed by atoms with Gasteiger partial charge in [0, 0.05) is 37.3 Å². The largest absolute Gasteiger partial charge is 0.354 e. The second kappa shape index (κ2) is 4.89. The molecule has 1 fully saturated rings. The normalized spacial score (nSPS) is 23.0. The fourth-order valence-corrected chi connectivity index (χ4v) is 4.93. The molecule has 3 aromatic heterocycles. The summed E-state index contributed by atoms with van der Waals surface area (Å²) >= 11 is 1.70. The van der Waals surface area contributed by atoms with E-state index in [1.807, 2.05) is 16.7 Å². The smallest absolute Gasteiger partial charge is 0.250 e. The average molecular weight is 324 g/mol. The molecule has 5 heterocycles. The van der Waals surface area contributed by atoms with Crippen LogP contribution in [0.1, 0.15) is 18.0 Å². The Hall–Kier alpha value is -2.21. The number of nitrogens with zero attached hydrogens (tertiary/aromatic N) is 4. The minimum atomic E-state index is 0.133. The number of pyridine rings is 1. The molecule has 0 amide bonds. The molecule has 2 aliphatic rings. The molecule has 5 rings (SSSR count). The van der Waals surface area contributed by atoms with Gasteiger partial charge in [-0.3, -0.25) is 4.79 Å². The van der Waals surface area contributed by atoms with E-state index in [9.17, 15) is 4.79 Å². The number of fused-ring (bicyclic) bond motifs is 5. The van der Waals surface area contributed by atoms with Gasteiger partial charge in [-0.05, 0) is 29.9 Å². The quantitative estimate of drug-likeness (QED) is 0.690. The van der Waals surface area contributed by atoms with Crippen molar-refractivity contribution in [3.05, 3.63) is 52.0 Å². The maximum Gasteiger partial charge on any atom is 0.250 e. The first-order valence-corrected chi connectivity index (χ1v) is 8.80. The zero-order valence-electron chi connectivity index (χ0n) is 12.6. The van der Waals surface area contributed by atoms with Gasteiger partial charge in [-0.1, -0.05) is 6.07 Å². The standard InChI is InChI=1S/C17H16N4OS/c22-15-3-1-2-14-12-6-11(8-21(14)15)7-20(9-12)17-16-13(4-5-23-16)18-10-19-17/h1-5,10-12H,6-9H2. The van der Waals surface area contributed by atoms with E-state index in [2.05, 4.69) is 26.3 Å². The molecule has 0 radical (unpaired) electrons. The second-order valence-corrected chi connectivity index (χ2v) is 7.35. The summed E-state index contributed by atoms with van der Waals surface area (Å²) < 4.78 is 3.13. The predicted molar refractivity (Wildman–Crippen MR) is 91.2 cm³/mol. The van der Waals surface area contributed by atoms with E-state index in [1.165, 1.54) is 12.1 Å². The number of hydrogen-bond donors (Lipinski definition) is 0. The molecule has 0 saturated carbocycles. The molecule has 2 atom stereocenters. The van der Waals surface area contributed by atoms with Gasteiger partial charge in [-0.15, -0.1) is 11.3 Å². The molecule has 23 heavy (non-hydrogen) atoms. The summed E-state index contributed by atoms with van der Waals surface area (Å²) in [6.07, 6.45) is 2.83. The summed E-state index contributed by atoms with van der Waals surface area (Å²) in [4.78, 5) is 23.4. The van der Waals surface area contributed by atoms with E-state index < -0.39 is 0 Å². The predicted octanol–water partition coefficient (Wildman–Crippen LogP) is 2.48. The van der Waals surface area contributed by atoms with Crippen molar-refractivity contribution < 1.29 is 0 Å². The molecule has 2 bridgehead atoms. The number of thiophene rings is 1. The van der Waals surface area contributed by atoms with Crippen LogP contribution in [0.2, 0.25) is 0 Å². The first-order chi connectivity index (χ1) is 11.3. The number of anilines is 1. The fraction of sp³-hybridized carbons (Fsp3) is 0.353. The zero-order valence-corrected chi connectivity index (χ0v) is 13.4. The highest BCUT2D eigenvalue weighted by Crippen LogP contribution is 2.38.